The highest BCUT2D eigenvalue weighted by Crippen LogP contribution is 2.37. The molecular formula is C20H37N5OS. The number of hydrogen-bond acceptors (Lipinski definition) is 4. The first-order valence-electron chi connectivity index (χ1n) is 10.8. The van der Waals surface area contributed by atoms with Gasteiger partial charge in [-0.3, -0.25) is 14.7 Å². The van der Waals surface area contributed by atoms with Crippen molar-refractivity contribution in [1.29, 1.82) is 0 Å². The minimum atomic E-state index is 0.258. The van der Waals surface area contributed by atoms with Crippen molar-refractivity contribution in [2.75, 3.05) is 50.8 Å². The molecule has 1 unspecified atom stereocenters. The highest BCUT2D eigenvalue weighted by atomic mass is 32.2. The zero-order valence-corrected chi connectivity index (χ0v) is 18.0. The molecule has 7 heteroatoms. The molecule has 0 aromatic carbocycles. The summed E-state index contributed by atoms with van der Waals surface area (Å²) in [7, 11) is 0. The number of thioether (sulfide) groups is 1. The zero-order valence-electron chi connectivity index (χ0n) is 17.1. The topological polar surface area (TPSA) is 60.0 Å². The van der Waals surface area contributed by atoms with Crippen LogP contribution >= 0.6 is 11.8 Å². The van der Waals surface area contributed by atoms with Crippen molar-refractivity contribution in [3.8, 4) is 0 Å². The average Bonchev–Trinajstić information content (AvgIpc) is 3.37. The second-order valence-corrected chi connectivity index (χ2v) is 9.27. The molecule has 3 rings (SSSR count). The van der Waals surface area contributed by atoms with E-state index >= 15 is 0 Å². The summed E-state index contributed by atoms with van der Waals surface area (Å²) in [5, 5.41) is 7.02. The van der Waals surface area contributed by atoms with Crippen LogP contribution in [0.2, 0.25) is 0 Å². The second kappa shape index (κ2) is 10.0. The molecule has 2 saturated heterocycles. The largest absolute Gasteiger partial charge is 0.357 e. The molecule has 1 saturated carbocycles. The first-order valence-corrected chi connectivity index (χ1v) is 12.0. The lowest BCUT2D eigenvalue weighted by Gasteiger charge is -2.42. The Hall–Kier alpha value is -0.950. The number of carbonyl (C=O) groups is 1. The fraction of sp³-hybridized carbons (Fsp3) is 0.900. The lowest BCUT2D eigenvalue weighted by atomic mass is 9.95. The van der Waals surface area contributed by atoms with Gasteiger partial charge in [0.15, 0.2) is 5.96 Å². The van der Waals surface area contributed by atoms with Gasteiger partial charge in [0, 0.05) is 62.2 Å². The molecule has 0 spiro atoms. The monoisotopic (exact) mass is 395 g/mol. The third-order valence-corrected chi connectivity index (χ3v) is 7.22. The number of nitrogens with zero attached hydrogens (tertiary/aromatic N) is 3. The minimum Gasteiger partial charge on any atom is -0.357 e. The van der Waals surface area contributed by atoms with Crippen LogP contribution < -0.4 is 10.6 Å². The fourth-order valence-corrected chi connectivity index (χ4v) is 5.62. The Bertz CT molecular complexity index is 515. The van der Waals surface area contributed by atoms with Crippen molar-refractivity contribution in [2.45, 2.75) is 64.0 Å². The average molecular weight is 396 g/mol. The third kappa shape index (κ3) is 5.31. The number of likely N-dealkylation sites (tertiary alicyclic amines) is 1. The highest BCUT2D eigenvalue weighted by molar-refractivity contribution is 7.99. The van der Waals surface area contributed by atoms with Crippen molar-refractivity contribution in [1.82, 2.24) is 20.4 Å². The van der Waals surface area contributed by atoms with Gasteiger partial charge in [0.05, 0.1) is 6.54 Å². The van der Waals surface area contributed by atoms with E-state index in [4.69, 9.17) is 4.99 Å². The summed E-state index contributed by atoms with van der Waals surface area (Å²) in [6, 6.07) is 0.309. The number of rotatable bonds is 6. The first kappa shape index (κ1) is 20.8. The number of carbonyl (C=O) groups excluding carboxylic acids is 1. The number of guanidine groups is 1. The van der Waals surface area contributed by atoms with Gasteiger partial charge >= 0.3 is 0 Å². The van der Waals surface area contributed by atoms with Gasteiger partial charge < -0.3 is 15.5 Å². The summed E-state index contributed by atoms with van der Waals surface area (Å²) in [6.45, 7) is 9.88. The van der Waals surface area contributed by atoms with Crippen LogP contribution in [0.3, 0.4) is 0 Å². The van der Waals surface area contributed by atoms with Gasteiger partial charge in [0.25, 0.3) is 0 Å². The van der Waals surface area contributed by atoms with Crippen LogP contribution in [0.1, 0.15) is 52.4 Å². The van der Waals surface area contributed by atoms with Crippen molar-refractivity contribution < 1.29 is 4.79 Å². The van der Waals surface area contributed by atoms with E-state index in [1.54, 1.807) is 0 Å². The van der Waals surface area contributed by atoms with E-state index in [-0.39, 0.29) is 11.4 Å². The summed E-state index contributed by atoms with van der Waals surface area (Å²) in [6.07, 6.45) is 6.83. The maximum Gasteiger partial charge on any atom is 0.222 e. The Morgan fingerprint density at radius 3 is 2.59 bits per heavy atom. The summed E-state index contributed by atoms with van der Waals surface area (Å²) < 4.78 is 0. The molecular weight excluding hydrogens is 358 g/mol. The normalized spacial score (nSPS) is 26.4. The first-order chi connectivity index (χ1) is 13.2. The summed E-state index contributed by atoms with van der Waals surface area (Å²) in [4.78, 5) is 21.7. The molecule has 1 atom stereocenters. The molecule has 3 aliphatic rings. The van der Waals surface area contributed by atoms with Crippen LogP contribution in [-0.2, 0) is 4.79 Å². The maximum absolute atomic E-state index is 11.9. The Labute approximate surface area is 168 Å². The van der Waals surface area contributed by atoms with Crippen LogP contribution in [0.25, 0.3) is 0 Å². The van der Waals surface area contributed by atoms with Crippen molar-refractivity contribution in [2.24, 2.45) is 4.99 Å². The van der Waals surface area contributed by atoms with Gasteiger partial charge in [-0.1, -0.05) is 19.8 Å². The molecule has 2 aliphatic heterocycles. The lowest BCUT2D eigenvalue weighted by molar-refractivity contribution is -0.129. The standard InChI is InChI=1S/C20H37N5OS/c1-3-18(26)24-10-7-17(15-24)23-19(21-4-2)22-16-20(8-5-6-9-20)25-11-13-27-14-12-25/h17H,3-16H2,1-2H3,(H2,21,22,23). The zero-order chi connectivity index (χ0) is 19.1. The van der Waals surface area contributed by atoms with E-state index in [1.807, 2.05) is 11.8 Å². The summed E-state index contributed by atoms with van der Waals surface area (Å²) >= 11 is 2.08. The van der Waals surface area contributed by atoms with Gasteiger partial charge in [-0.05, 0) is 26.2 Å². The molecule has 2 heterocycles. The van der Waals surface area contributed by atoms with E-state index in [9.17, 15) is 4.79 Å². The van der Waals surface area contributed by atoms with Gasteiger partial charge in [-0.2, -0.15) is 11.8 Å². The van der Waals surface area contributed by atoms with Gasteiger partial charge in [0.2, 0.25) is 5.91 Å². The molecule has 0 radical (unpaired) electrons. The second-order valence-electron chi connectivity index (χ2n) is 8.05. The van der Waals surface area contributed by atoms with E-state index < -0.39 is 0 Å². The summed E-state index contributed by atoms with van der Waals surface area (Å²) in [5.74, 6) is 3.69. The smallest absolute Gasteiger partial charge is 0.222 e. The SMILES string of the molecule is CCNC(=NCC1(N2CCSCC2)CCCC1)NC1CCN(C(=O)CC)C1. The molecule has 0 bridgehead atoms. The molecule has 3 fully saturated rings. The van der Waals surface area contributed by atoms with Gasteiger partial charge in [-0.25, -0.2) is 0 Å². The predicted octanol–water partition coefficient (Wildman–Crippen LogP) is 1.91. The van der Waals surface area contributed by atoms with E-state index in [0.717, 1.165) is 38.6 Å². The van der Waals surface area contributed by atoms with Crippen molar-refractivity contribution in [3.63, 3.8) is 0 Å². The Kier molecular flexibility index (Phi) is 7.70. The van der Waals surface area contributed by atoms with Gasteiger partial charge in [-0.15, -0.1) is 0 Å². The number of amides is 1. The fourth-order valence-electron chi connectivity index (χ4n) is 4.71. The lowest BCUT2D eigenvalue weighted by Crippen LogP contribution is -2.53. The molecule has 0 aromatic heterocycles. The minimum absolute atomic E-state index is 0.258. The Morgan fingerprint density at radius 1 is 1.19 bits per heavy atom. The van der Waals surface area contributed by atoms with E-state index in [1.165, 1.54) is 50.3 Å². The predicted molar refractivity (Wildman–Crippen MR) is 114 cm³/mol. The Morgan fingerprint density at radius 2 is 1.93 bits per heavy atom. The maximum atomic E-state index is 11.9. The van der Waals surface area contributed by atoms with E-state index in [0.29, 0.717) is 12.5 Å². The molecule has 2 N–H and O–H groups in total. The highest BCUT2D eigenvalue weighted by Gasteiger charge is 2.40. The van der Waals surface area contributed by atoms with Crippen molar-refractivity contribution in [3.05, 3.63) is 0 Å². The molecule has 6 nitrogen and oxygen atoms in total. The number of aliphatic imine (C=N–C) groups is 1. The molecule has 1 amide bonds. The van der Waals surface area contributed by atoms with Crippen LogP contribution in [0.15, 0.2) is 4.99 Å². The van der Waals surface area contributed by atoms with Crippen LogP contribution in [0.4, 0.5) is 0 Å². The quantitative estimate of drug-likeness (QED) is 0.531. The molecule has 154 valence electrons. The Balaban J connectivity index is 1.61. The van der Waals surface area contributed by atoms with Crippen LogP contribution in [-0.4, -0.2) is 84.0 Å². The number of hydrogen-bond donors (Lipinski definition) is 2. The van der Waals surface area contributed by atoms with Crippen LogP contribution in [0.5, 0.6) is 0 Å². The molecule has 27 heavy (non-hydrogen) atoms. The molecule has 1 aliphatic carbocycles. The van der Waals surface area contributed by atoms with Crippen LogP contribution in [0, 0.1) is 0 Å². The summed E-state index contributed by atoms with van der Waals surface area (Å²) in [5.41, 5.74) is 0.267. The molecule has 0 aromatic rings. The number of nitrogens with one attached hydrogen (secondary N) is 2. The van der Waals surface area contributed by atoms with Crippen molar-refractivity contribution >= 4 is 23.6 Å². The van der Waals surface area contributed by atoms with Gasteiger partial charge in [0.1, 0.15) is 0 Å². The van der Waals surface area contributed by atoms with E-state index in [2.05, 4.69) is 34.2 Å². The third-order valence-electron chi connectivity index (χ3n) is 6.28.